The number of Topliss-reactive ketones (excluding diaryl/α,β-unsaturated/α-hetero) is 1. The standard InChI is InChI=1S/C28H39N3O2/c29-28(33)27(32)25-19-30(26-16-9-8-15-24(25)26)23-17-21-13-10-14-22(18-23)31(21)20-11-6-4-2-1-3-5-7-12-20/h8-9,15-16,19-23H,1-7,10-14,17-18H2,(H2,29,33)/t21-,22+,23?. The lowest BCUT2D eigenvalue weighted by molar-refractivity contribution is -0.114. The maximum atomic E-state index is 12.5. The van der Waals surface area contributed by atoms with E-state index in [-0.39, 0.29) is 0 Å². The fourth-order valence-electron chi connectivity index (χ4n) is 7.12. The summed E-state index contributed by atoms with van der Waals surface area (Å²) in [7, 11) is 0. The zero-order chi connectivity index (χ0) is 22.8. The number of ketones is 1. The van der Waals surface area contributed by atoms with Crippen LogP contribution in [0.15, 0.2) is 30.5 Å². The second-order valence-electron chi connectivity index (χ2n) is 10.7. The average molecular weight is 450 g/mol. The van der Waals surface area contributed by atoms with Gasteiger partial charge in [-0.15, -0.1) is 0 Å². The Morgan fingerprint density at radius 1 is 0.727 bits per heavy atom. The van der Waals surface area contributed by atoms with Crippen LogP contribution >= 0.6 is 0 Å². The van der Waals surface area contributed by atoms with E-state index >= 15 is 0 Å². The highest BCUT2D eigenvalue weighted by Gasteiger charge is 2.42. The number of hydrogen-bond acceptors (Lipinski definition) is 3. The smallest absolute Gasteiger partial charge is 0.289 e. The zero-order valence-electron chi connectivity index (χ0n) is 19.9. The monoisotopic (exact) mass is 449 g/mol. The van der Waals surface area contributed by atoms with E-state index < -0.39 is 11.7 Å². The largest absolute Gasteiger partial charge is 0.363 e. The van der Waals surface area contributed by atoms with Crippen molar-refractivity contribution in [1.29, 1.82) is 0 Å². The van der Waals surface area contributed by atoms with E-state index in [1.54, 1.807) is 0 Å². The highest BCUT2D eigenvalue weighted by atomic mass is 16.2. The van der Waals surface area contributed by atoms with Crippen LogP contribution in [0.1, 0.15) is 106 Å². The van der Waals surface area contributed by atoms with Crippen LogP contribution in [-0.2, 0) is 4.79 Å². The molecule has 3 aliphatic rings. The van der Waals surface area contributed by atoms with Gasteiger partial charge in [-0.3, -0.25) is 14.5 Å². The first-order valence-electron chi connectivity index (χ1n) is 13.3. The molecule has 3 fully saturated rings. The molecule has 1 amide bonds. The number of benzene rings is 1. The molecule has 2 aliphatic heterocycles. The zero-order valence-corrected chi connectivity index (χ0v) is 19.9. The summed E-state index contributed by atoms with van der Waals surface area (Å²) in [5.41, 5.74) is 6.87. The van der Waals surface area contributed by atoms with Crippen molar-refractivity contribution in [3.05, 3.63) is 36.0 Å². The molecular formula is C28H39N3O2. The average Bonchev–Trinajstić information content (AvgIpc) is 3.21. The van der Waals surface area contributed by atoms with Gasteiger partial charge in [0.05, 0.1) is 5.56 Å². The van der Waals surface area contributed by atoms with E-state index in [0.29, 0.717) is 23.7 Å². The first-order valence-corrected chi connectivity index (χ1v) is 13.3. The quantitative estimate of drug-likeness (QED) is 0.476. The lowest BCUT2D eigenvalue weighted by Gasteiger charge is -2.53. The number of aromatic nitrogens is 1. The molecule has 33 heavy (non-hydrogen) atoms. The molecule has 5 rings (SSSR count). The van der Waals surface area contributed by atoms with Crippen LogP contribution in [0.25, 0.3) is 10.9 Å². The van der Waals surface area contributed by atoms with E-state index in [4.69, 9.17) is 5.73 Å². The molecule has 0 radical (unpaired) electrons. The Morgan fingerprint density at radius 2 is 1.30 bits per heavy atom. The van der Waals surface area contributed by atoms with Crippen molar-refractivity contribution >= 4 is 22.6 Å². The number of rotatable bonds is 4. The molecule has 5 heteroatoms. The first kappa shape index (κ1) is 22.6. The molecule has 2 saturated heterocycles. The van der Waals surface area contributed by atoms with Crippen LogP contribution in [0.4, 0.5) is 0 Å². The number of carbonyl (C=O) groups is 2. The van der Waals surface area contributed by atoms with Gasteiger partial charge >= 0.3 is 0 Å². The van der Waals surface area contributed by atoms with Gasteiger partial charge in [0, 0.05) is 41.3 Å². The van der Waals surface area contributed by atoms with Gasteiger partial charge in [-0.1, -0.05) is 69.6 Å². The minimum Gasteiger partial charge on any atom is -0.363 e. The topological polar surface area (TPSA) is 68.3 Å². The SMILES string of the molecule is NC(=O)C(=O)c1cn(C2C[C@H]3CCC[C@@H](C2)N3C2CCCCCCCCC2)c2ccccc12. The molecule has 178 valence electrons. The van der Waals surface area contributed by atoms with Gasteiger partial charge in [-0.25, -0.2) is 0 Å². The Bertz CT molecular complexity index is 972. The number of nitrogens with zero attached hydrogens (tertiary/aromatic N) is 2. The molecular weight excluding hydrogens is 410 g/mol. The van der Waals surface area contributed by atoms with Crippen LogP contribution < -0.4 is 5.73 Å². The summed E-state index contributed by atoms with van der Waals surface area (Å²) in [6.07, 6.45) is 20.6. The van der Waals surface area contributed by atoms with Gasteiger partial charge in [-0.05, 0) is 44.6 Å². The molecule has 1 aromatic carbocycles. The van der Waals surface area contributed by atoms with E-state index in [1.807, 2.05) is 24.4 Å². The third-order valence-electron chi connectivity index (χ3n) is 8.60. The minimum atomic E-state index is -0.874. The summed E-state index contributed by atoms with van der Waals surface area (Å²) in [4.78, 5) is 27.1. The Balaban J connectivity index is 1.40. The Hall–Kier alpha value is -2.14. The lowest BCUT2D eigenvalue weighted by atomic mass is 9.79. The summed E-state index contributed by atoms with van der Waals surface area (Å²) in [6.45, 7) is 0. The number of carbonyl (C=O) groups excluding carboxylic acids is 2. The van der Waals surface area contributed by atoms with Crippen LogP contribution in [0.3, 0.4) is 0 Å². The normalized spacial score (nSPS) is 27.9. The maximum absolute atomic E-state index is 12.5. The second-order valence-corrected chi connectivity index (χ2v) is 10.7. The van der Waals surface area contributed by atoms with Gasteiger partial charge in [0.2, 0.25) is 0 Å². The molecule has 3 heterocycles. The summed E-state index contributed by atoms with van der Waals surface area (Å²) >= 11 is 0. The van der Waals surface area contributed by atoms with E-state index in [2.05, 4.69) is 15.5 Å². The number of para-hydroxylation sites is 1. The van der Waals surface area contributed by atoms with Gasteiger partial charge in [0.15, 0.2) is 0 Å². The maximum Gasteiger partial charge on any atom is 0.289 e. The highest BCUT2D eigenvalue weighted by Crippen LogP contribution is 2.43. The van der Waals surface area contributed by atoms with Gasteiger partial charge in [0.25, 0.3) is 11.7 Å². The number of fused-ring (bicyclic) bond motifs is 3. The van der Waals surface area contributed by atoms with Crippen molar-refractivity contribution in [2.45, 2.75) is 114 Å². The van der Waals surface area contributed by atoms with Crippen molar-refractivity contribution in [2.75, 3.05) is 0 Å². The predicted molar refractivity (Wildman–Crippen MR) is 132 cm³/mol. The molecule has 2 bridgehead atoms. The lowest BCUT2D eigenvalue weighted by Crippen LogP contribution is -2.56. The molecule has 2 N–H and O–H groups in total. The molecule has 5 nitrogen and oxygen atoms in total. The van der Waals surface area contributed by atoms with Crippen LogP contribution in [0, 0.1) is 0 Å². The Morgan fingerprint density at radius 3 is 1.94 bits per heavy atom. The van der Waals surface area contributed by atoms with Crippen molar-refractivity contribution in [3.63, 3.8) is 0 Å². The summed E-state index contributed by atoms with van der Waals surface area (Å²) < 4.78 is 2.29. The molecule has 1 unspecified atom stereocenters. The number of hydrogen-bond donors (Lipinski definition) is 1. The van der Waals surface area contributed by atoms with Crippen molar-refractivity contribution in [2.24, 2.45) is 5.73 Å². The molecule has 1 saturated carbocycles. The van der Waals surface area contributed by atoms with Crippen LogP contribution in [0.2, 0.25) is 0 Å². The number of amides is 1. The number of piperidine rings is 2. The molecule has 0 spiro atoms. The predicted octanol–water partition coefficient (Wildman–Crippen LogP) is 5.76. The summed E-state index contributed by atoms with van der Waals surface area (Å²) in [6, 6.07) is 10.4. The van der Waals surface area contributed by atoms with E-state index in [1.165, 1.54) is 77.0 Å². The Labute approximate surface area is 197 Å². The van der Waals surface area contributed by atoms with Crippen molar-refractivity contribution in [1.82, 2.24) is 9.47 Å². The van der Waals surface area contributed by atoms with Gasteiger partial charge in [-0.2, -0.15) is 0 Å². The molecule has 3 atom stereocenters. The summed E-state index contributed by atoms with van der Waals surface area (Å²) in [5, 5.41) is 0.848. The number of nitrogens with two attached hydrogens (primary N) is 1. The Kier molecular flexibility index (Phi) is 6.86. The van der Waals surface area contributed by atoms with Crippen LogP contribution in [0.5, 0.6) is 0 Å². The van der Waals surface area contributed by atoms with E-state index in [0.717, 1.165) is 29.8 Å². The van der Waals surface area contributed by atoms with Crippen molar-refractivity contribution < 1.29 is 9.59 Å². The van der Waals surface area contributed by atoms with E-state index in [9.17, 15) is 9.59 Å². The van der Waals surface area contributed by atoms with Gasteiger partial charge < -0.3 is 10.3 Å². The highest BCUT2D eigenvalue weighted by molar-refractivity contribution is 6.44. The second kappa shape index (κ2) is 10.0. The van der Waals surface area contributed by atoms with Gasteiger partial charge in [0.1, 0.15) is 0 Å². The third kappa shape index (κ3) is 4.62. The fourth-order valence-corrected chi connectivity index (χ4v) is 7.12. The molecule has 1 aromatic heterocycles. The first-order chi connectivity index (χ1) is 16.1. The summed E-state index contributed by atoms with van der Waals surface area (Å²) in [5.74, 6) is -1.45. The van der Waals surface area contributed by atoms with Crippen LogP contribution in [-0.4, -0.2) is 39.3 Å². The third-order valence-corrected chi connectivity index (χ3v) is 8.60. The molecule has 2 aromatic rings. The van der Waals surface area contributed by atoms with Crippen molar-refractivity contribution in [3.8, 4) is 0 Å². The fraction of sp³-hybridized carbons (Fsp3) is 0.643. The molecule has 1 aliphatic carbocycles. The number of primary amides is 1. The minimum absolute atomic E-state index is 0.371.